The molecule has 0 bridgehead atoms. The summed E-state index contributed by atoms with van der Waals surface area (Å²) in [6, 6.07) is 5.25. The molecule has 0 radical (unpaired) electrons. The van der Waals surface area contributed by atoms with Crippen molar-refractivity contribution in [1.82, 2.24) is 4.90 Å². The topological polar surface area (TPSA) is 55.8 Å². The molecule has 0 aromatic heterocycles. The molecule has 1 aliphatic rings. The number of amides is 1. The molecule has 1 heterocycles. The van der Waals surface area contributed by atoms with Gasteiger partial charge >= 0.3 is 0 Å². The van der Waals surface area contributed by atoms with Crippen LogP contribution >= 0.6 is 0 Å². The monoisotopic (exact) mass is 291 g/mol. The molecule has 1 fully saturated rings. The summed E-state index contributed by atoms with van der Waals surface area (Å²) in [6.07, 6.45) is 2.21. The number of hydrogen-bond donors (Lipinski definition) is 0. The van der Waals surface area contributed by atoms with Gasteiger partial charge < -0.3 is 14.4 Å². The summed E-state index contributed by atoms with van der Waals surface area (Å²) >= 11 is 0. The average Bonchev–Trinajstić information content (AvgIpc) is 2.92. The van der Waals surface area contributed by atoms with E-state index in [-0.39, 0.29) is 17.7 Å². The number of carbonyl (C=O) groups is 2. The van der Waals surface area contributed by atoms with Crippen LogP contribution in [0.1, 0.15) is 36.5 Å². The van der Waals surface area contributed by atoms with Crippen molar-refractivity contribution in [2.45, 2.75) is 32.2 Å². The van der Waals surface area contributed by atoms with Gasteiger partial charge in [-0.05, 0) is 31.9 Å². The molecule has 1 unspecified atom stereocenters. The van der Waals surface area contributed by atoms with Gasteiger partial charge in [-0.15, -0.1) is 0 Å². The number of para-hydroxylation sites is 1. The molecule has 21 heavy (non-hydrogen) atoms. The number of ketones is 1. The zero-order valence-electron chi connectivity index (χ0n) is 12.7. The van der Waals surface area contributed by atoms with Crippen molar-refractivity contribution in [2.75, 3.05) is 20.8 Å². The quantitative estimate of drug-likeness (QED) is 0.835. The zero-order chi connectivity index (χ0) is 15.4. The summed E-state index contributed by atoms with van der Waals surface area (Å²) in [5.41, 5.74) is 0.479. The van der Waals surface area contributed by atoms with Crippen LogP contribution in [0.15, 0.2) is 18.2 Å². The number of methoxy groups -OCH3 is 2. The number of nitrogens with zero attached hydrogens (tertiary/aromatic N) is 1. The normalized spacial score (nSPS) is 17.7. The van der Waals surface area contributed by atoms with Crippen molar-refractivity contribution < 1.29 is 19.1 Å². The number of ether oxygens (including phenoxy) is 2. The SMILES string of the molecule is COc1cccc(C(=O)N2CCCC2CC(C)=O)c1OC. The highest BCUT2D eigenvalue weighted by Crippen LogP contribution is 2.33. The first-order chi connectivity index (χ1) is 10.1. The van der Waals surface area contributed by atoms with Crippen molar-refractivity contribution in [3.63, 3.8) is 0 Å². The molecule has 1 aromatic carbocycles. The number of Topliss-reactive ketones (excluding diaryl/α,β-unsaturated/α-hetero) is 1. The molecular formula is C16H21NO4. The Bertz CT molecular complexity index is 541. The molecule has 5 heteroatoms. The molecule has 0 aliphatic carbocycles. The second-order valence-corrected chi connectivity index (χ2v) is 5.24. The highest BCUT2D eigenvalue weighted by molar-refractivity contribution is 5.98. The summed E-state index contributed by atoms with van der Waals surface area (Å²) in [6.45, 7) is 2.24. The molecule has 0 N–H and O–H groups in total. The first-order valence-corrected chi connectivity index (χ1v) is 7.10. The summed E-state index contributed by atoms with van der Waals surface area (Å²) in [5, 5.41) is 0. The molecule has 0 spiro atoms. The lowest BCUT2D eigenvalue weighted by atomic mass is 10.1. The van der Waals surface area contributed by atoms with Crippen LogP contribution in [-0.2, 0) is 4.79 Å². The summed E-state index contributed by atoms with van der Waals surface area (Å²) in [7, 11) is 3.06. The Kier molecular flexibility index (Phi) is 4.83. The largest absolute Gasteiger partial charge is 0.493 e. The maximum absolute atomic E-state index is 12.8. The van der Waals surface area contributed by atoms with Gasteiger partial charge in [-0.1, -0.05) is 6.07 Å². The molecule has 0 saturated carbocycles. The fraction of sp³-hybridized carbons (Fsp3) is 0.500. The molecule has 1 aliphatic heterocycles. The van der Waals surface area contributed by atoms with Crippen LogP contribution in [-0.4, -0.2) is 43.4 Å². The van der Waals surface area contributed by atoms with E-state index in [1.54, 1.807) is 37.1 Å². The standard InChI is InChI=1S/C16H21NO4/c1-11(18)10-12-6-5-9-17(12)16(19)13-7-4-8-14(20-2)15(13)21-3/h4,7-8,12H,5-6,9-10H2,1-3H3. The minimum absolute atomic E-state index is 0.00842. The van der Waals surface area contributed by atoms with Crippen molar-refractivity contribution in [3.8, 4) is 11.5 Å². The van der Waals surface area contributed by atoms with E-state index >= 15 is 0 Å². The molecular weight excluding hydrogens is 270 g/mol. The molecule has 1 saturated heterocycles. The van der Waals surface area contributed by atoms with Crippen molar-refractivity contribution in [1.29, 1.82) is 0 Å². The fourth-order valence-corrected chi connectivity index (χ4v) is 2.86. The average molecular weight is 291 g/mol. The van der Waals surface area contributed by atoms with E-state index < -0.39 is 0 Å². The molecule has 1 amide bonds. The third kappa shape index (κ3) is 3.17. The highest BCUT2D eigenvalue weighted by atomic mass is 16.5. The number of likely N-dealkylation sites (tertiary alicyclic amines) is 1. The Hall–Kier alpha value is -2.04. The van der Waals surface area contributed by atoms with Gasteiger partial charge in [0.25, 0.3) is 5.91 Å². The Morgan fingerprint density at radius 2 is 2.05 bits per heavy atom. The second-order valence-electron chi connectivity index (χ2n) is 5.24. The van der Waals surface area contributed by atoms with Gasteiger partial charge in [0.1, 0.15) is 5.78 Å². The number of carbonyl (C=O) groups excluding carboxylic acids is 2. The van der Waals surface area contributed by atoms with Gasteiger partial charge in [0.2, 0.25) is 0 Å². The Labute approximate surface area is 124 Å². The first-order valence-electron chi connectivity index (χ1n) is 7.10. The molecule has 5 nitrogen and oxygen atoms in total. The van der Waals surface area contributed by atoms with Gasteiger partial charge in [0.15, 0.2) is 11.5 Å². The van der Waals surface area contributed by atoms with E-state index in [0.717, 1.165) is 12.8 Å². The van der Waals surface area contributed by atoms with Gasteiger partial charge in [-0.3, -0.25) is 9.59 Å². The predicted octanol–water partition coefficient (Wildman–Crippen LogP) is 2.29. The van der Waals surface area contributed by atoms with E-state index in [4.69, 9.17) is 9.47 Å². The van der Waals surface area contributed by atoms with Crippen molar-refractivity contribution in [3.05, 3.63) is 23.8 Å². The fourth-order valence-electron chi connectivity index (χ4n) is 2.86. The minimum Gasteiger partial charge on any atom is -0.493 e. The molecule has 1 atom stereocenters. The van der Waals surface area contributed by atoms with Crippen LogP contribution in [0.2, 0.25) is 0 Å². The number of benzene rings is 1. The Balaban J connectivity index is 2.29. The van der Waals surface area contributed by atoms with Crippen LogP contribution in [0, 0.1) is 0 Å². The number of rotatable bonds is 5. The first kappa shape index (κ1) is 15.4. The van der Waals surface area contributed by atoms with Gasteiger partial charge in [0, 0.05) is 19.0 Å². The van der Waals surface area contributed by atoms with E-state index in [1.807, 2.05) is 0 Å². The van der Waals surface area contributed by atoms with Crippen molar-refractivity contribution >= 4 is 11.7 Å². The summed E-state index contributed by atoms with van der Waals surface area (Å²) in [4.78, 5) is 25.9. The summed E-state index contributed by atoms with van der Waals surface area (Å²) < 4.78 is 10.6. The smallest absolute Gasteiger partial charge is 0.258 e. The lowest BCUT2D eigenvalue weighted by Gasteiger charge is -2.25. The Morgan fingerprint density at radius 3 is 2.67 bits per heavy atom. The van der Waals surface area contributed by atoms with E-state index in [1.165, 1.54) is 7.11 Å². The van der Waals surface area contributed by atoms with E-state index in [0.29, 0.717) is 30.0 Å². The summed E-state index contributed by atoms with van der Waals surface area (Å²) in [5.74, 6) is 0.982. The zero-order valence-corrected chi connectivity index (χ0v) is 12.7. The third-order valence-corrected chi connectivity index (χ3v) is 3.79. The van der Waals surface area contributed by atoms with Gasteiger partial charge in [-0.25, -0.2) is 0 Å². The molecule has 114 valence electrons. The lowest BCUT2D eigenvalue weighted by Crippen LogP contribution is -2.36. The van der Waals surface area contributed by atoms with Gasteiger partial charge in [0.05, 0.1) is 19.8 Å². The maximum atomic E-state index is 12.8. The Morgan fingerprint density at radius 1 is 1.29 bits per heavy atom. The van der Waals surface area contributed by atoms with Crippen LogP contribution in [0.4, 0.5) is 0 Å². The highest BCUT2D eigenvalue weighted by Gasteiger charge is 2.32. The lowest BCUT2D eigenvalue weighted by molar-refractivity contribution is -0.117. The van der Waals surface area contributed by atoms with Crippen molar-refractivity contribution in [2.24, 2.45) is 0 Å². The third-order valence-electron chi connectivity index (χ3n) is 3.79. The minimum atomic E-state index is -0.102. The maximum Gasteiger partial charge on any atom is 0.258 e. The second kappa shape index (κ2) is 6.61. The molecule has 1 aromatic rings. The van der Waals surface area contributed by atoms with Crippen LogP contribution in [0.25, 0.3) is 0 Å². The predicted molar refractivity (Wildman–Crippen MR) is 78.9 cm³/mol. The van der Waals surface area contributed by atoms with E-state index in [2.05, 4.69) is 0 Å². The van der Waals surface area contributed by atoms with Gasteiger partial charge in [-0.2, -0.15) is 0 Å². The number of hydrogen-bond acceptors (Lipinski definition) is 4. The van der Waals surface area contributed by atoms with Crippen LogP contribution in [0.5, 0.6) is 11.5 Å². The van der Waals surface area contributed by atoms with E-state index in [9.17, 15) is 9.59 Å². The molecule has 2 rings (SSSR count). The van der Waals surface area contributed by atoms with Crippen LogP contribution < -0.4 is 9.47 Å². The van der Waals surface area contributed by atoms with Crippen LogP contribution in [0.3, 0.4) is 0 Å².